The van der Waals surface area contributed by atoms with Gasteiger partial charge in [0.1, 0.15) is 12.4 Å². The number of aliphatic hydroxyl groups is 1. The number of carbonyl (C=O) groups is 1. The molecule has 1 N–H and O–H groups in total. The summed E-state index contributed by atoms with van der Waals surface area (Å²) in [4.78, 5) is 12.5. The number of carbonyl (C=O) groups excluding carboxylic acids is 1. The van der Waals surface area contributed by atoms with Crippen LogP contribution < -0.4 is 9.64 Å². The van der Waals surface area contributed by atoms with E-state index in [9.17, 15) is 4.79 Å². The first-order valence-electron chi connectivity index (χ1n) is 4.20. The standard InChI is InChI=1S/C10H13NO3/c1-11(10(13)7-12)8-4-3-5-9(6-8)14-2/h3-6,12H,7H2,1-2H3. The number of nitrogens with zero attached hydrogens (tertiary/aromatic N) is 1. The Morgan fingerprint density at radius 2 is 2.29 bits per heavy atom. The average molecular weight is 195 g/mol. The second-order valence-corrected chi connectivity index (χ2v) is 2.81. The van der Waals surface area contributed by atoms with E-state index in [1.54, 1.807) is 38.4 Å². The van der Waals surface area contributed by atoms with Crippen molar-refractivity contribution in [1.82, 2.24) is 0 Å². The highest BCUT2D eigenvalue weighted by molar-refractivity contribution is 5.93. The van der Waals surface area contributed by atoms with Gasteiger partial charge < -0.3 is 14.7 Å². The van der Waals surface area contributed by atoms with Crippen LogP contribution in [0.5, 0.6) is 5.75 Å². The lowest BCUT2D eigenvalue weighted by molar-refractivity contribution is -0.120. The van der Waals surface area contributed by atoms with E-state index in [0.29, 0.717) is 11.4 Å². The lowest BCUT2D eigenvalue weighted by atomic mass is 10.3. The van der Waals surface area contributed by atoms with Gasteiger partial charge in [-0.25, -0.2) is 0 Å². The molecule has 1 aromatic carbocycles. The molecule has 0 saturated carbocycles. The summed E-state index contributed by atoms with van der Waals surface area (Å²) in [5.74, 6) is 0.332. The van der Waals surface area contributed by atoms with Crippen LogP contribution in [0.25, 0.3) is 0 Å². The summed E-state index contributed by atoms with van der Waals surface area (Å²) in [6, 6.07) is 7.08. The van der Waals surface area contributed by atoms with Crippen molar-refractivity contribution >= 4 is 11.6 Å². The molecule has 0 atom stereocenters. The molecule has 0 saturated heterocycles. The highest BCUT2D eigenvalue weighted by Crippen LogP contribution is 2.19. The molecule has 0 fully saturated rings. The number of anilines is 1. The minimum absolute atomic E-state index is 0.349. The van der Waals surface area contributed by atoms with Crippen LogP contribution in [-0.4, -0.2) is 31.8 Å². The van der Waals surface area contributed by atoms with Gasteiger partial charge in [0.25, 0.3) is 5.91 Å². The van der Waals surface area contributed by atoms with Crippen molar-refractivity contribution in [3.63, 3.8) is 0 Å². The van der Waals surface area contributed by atoms with Crippen LogP contribution in [0.1, 0.15) is 0 Å². The van der Waals surface area contributed by atoms with E-state index in [0.717, 1.165) is 0 Å². The molecule has 1 amide bonds. The SMILES string of the molecule is COc1cccc(N(C)C(=O)CO)c1. The zero-order valence-corrected chi connectivity index (χ0v) is 8.23. The third-order valence-corrected chi connectivity index (χ3v) is 1.95. The first-order chi connectivity index (χ1) is 6.69. The summed E-state index contributed by atoms with van der Waals surface area (Å²) in [5, 5.41) is 8.67. The molecule has 0 aromatic heterocycles. The van der Waals surface area contributed by atoms with Gasteiger partial charge in [-0.15, -0.1) is 0 Å². The number of hydrogen-bond donors (Lipinski definition) is 1. The van der Waals surface area contributed by atoms with Crippen molar-refractivity contribution in [2.24, 2.45) is 0 Å². The Balaban J connectivity index is 2.89. The van der Waals surface area contributed by atoms with Gasteiger partial charge in [-0.3, -0.25) is 4.79 Å². The smallest absolute Gasteiger partial charge is 0.252 e. The monoisotopic (exact) mass is 195 g/mol. The Morgan fingerprint density at radius 1 is 1.57 bits per heavy atom. The lowest BCUT2D eigenvalue weighted by Gasteiger charge is -2.16. The topological polar surface area (TPSA) is 49.8 Å². The van der Waals surface area contributed by atoms with Crippen LogP contribution in [0.3, 0.4) is 0 Å². The molecular formula is C10H13NO3. The number of methoxy groups -OCH3 is 1. The molecule has 4 nitrogen and oxygen atoms in total. The fraction of sp³-hybridized carbons (Fsp3) is 0.300. The van der Waals surface area contributed by atoms with E-state index in [4.69, 9.17) is 9.84 Å². The van der Waals surface area contributed by atoms with Crippen LogP contribution in [-0.2, 0) is 4.79 Å². The molecule has 4 heteroatoms. The maximum Gasteiger partial charge on any atom is 0.252 e. The normalized spacial score (nSPS) is 9.64. The van der Waals surface area contributed by atoms with Gasteiger partial charge in [0.05, 0.1) is 7.11 Å². The summed E-state index contributed by atoms with van der Waals surface area (Å²) in [7, 11) is 3.17. The van der Waals surface area contributed by atoms with E-state index in [2.05, 4.69) is 0 Å². The maximum absolute atomic E-state index is 11.1. The maximum atomic E-state index is 11.1. The summed E-state index contributed by atoms with van der Waals surface area (Å²) >= 11 is 0. The molecule has 76 valence electrons. The van der Waals surface area contributed by atoms with Gasteiger partial charge in [0.2, 0.25) is 0 Å². The zero-order chi connectivity index (χ0) is 10.6. The Labute approximate surface area is 82.7 Å². The quantitative estimate of drug-likeness (QED) is 0.770. The zero-order valence-electron chi connectivity index (χ0n) is 8.23. The van der Waals surface area contributed by atoms with E-state index in [1.807, 2.05) is 0 Å². The highest BCUT2D eigenvalue weighted by atomic mass is 16.5. The second kappa shape index (κ2) is 4.62. The van der Waals surface area contributed by atoms with Crippen molar-refractivity contribution in [2.45, 2.75) is 0 Å². The number of hydrogen-bond acceptors (Lipinski definition) is 3. The van der Waals surface area contributed by atoms with Crippen molar-refractivity contribution < 1.29 is 14.6 Å². The van der Waals surface area contributed by atoms with Crippen LogP contribution in [0, 0.1) is 0 Å². The van der Waals surface area contributed by atoms with Gasteiger partial charge in [0.15, 0.2) is 0 Å². The van der Waals surface area contributed by atoms with E-state index in [1.165, 1.54) is 4.90 Å². The average Bonchev–Trinajstić information content (AvgIpc) is 2.27. The Kier molecular flexibility index (Phi) is 3.48. The summed E-state index contributed by atoms with van der Waals surface area (Å²) < 4.78 is 5.02. The van der Waals surface area contributed by atoms with Gasteiger partial charge in [-0.2, -0.15) is 0 Å². The molecule has 0 aliphatic heterocycles. The molecule has 0 heterocycles. The van der Waals surface area contributed by atoms with E-state index >= 15 is 0 Å². The number of aliphatic hydroxyl groups excluding tert-OH is 1. The Bertz CT molecular complexity index is 325. The van der Waals surface area contributed by atoms with Crippen LogP contribution >= 0.6 is 0 Å². The molecule has 0 radical (unpaired) electrons. The van der Waals surface area contributed by atoms with Gasteiger partial charge in [-0.1, -0.05) is 6.07 Å². The summed E-state index contributed by atoms with van der Waals surface area (Å²) in [6.07, 6.45) is 0. The minimum Gasteiger partial charge on any atom is -0.497 e. The Hall–Kier alpha value is -1.55. The number of rotatable bonds is 3. The van der Waals surface area contributed by atoms with Gasteiger partial charge >= 0.3 is 0 Å². The third-order valence-electron chi connectivity index (χ3n) is 1.95. The van der Waals surface area contributed by atoms with Crippen molar-refractivity contribution in [3.8, 4) is 5.75 Å². The van der Waals surface area contributed by atoms with Crippen molar-refractivity contribution in [2.75, 3.05) is 25.7 Å². The number of amides is 1. The third kappa shape index (κ3) is 2.23. The van der Waals surface area contributed by atoms with E-state index in [-0.39, 0.29) is 5.91 Å². The molecule has 0 spiro atoms. The fourth-order valence-electron chi connectivity index (χ4n) is 1.07. The van der Waals surface area contributed by atoms with Crippen LogP contribution in [0.4, 0.5) is 5.69 Å². The Morgan fingerprint density at radius 3 is 2.86 bits per heavy atom. The predicted octanol–water partition coefficient (Wildman–Crippen LogP) is 0.650. The molecule has 0 unspecified atom stereocenters. The number of likely N-dealkylation sites (N-methyl/N-ethyl adjacent to an activating group) is 1. The molecule has 14 heavy (non-hydrogen) atoms. The first kappa shape index (κ1) is 10.5. The minimum atomic E-state index is -0.492. The lowest BCUT2D eigenvalue weighted by Crippen LogP contribution is -2.28. The first-order valence-corrected chi connectivity index (χ1v) is 4.20. The highest BCUT2D eigenvalue weighted by Gasteiger charge is 2.09. The van der Waals surface area contributed by atoms with Crippen molar-refractivity contribution in [3.05, 3.63) is 24.3 Å². The summed E-state index contributed by atoms with van der Waals surface area (Å²) in [5.41, 5.74) is 0.698. The molecule has 0 bridgehead atoms. The number of ether oxygens (including phenoxy) is 1. The predicted molar refractivity (Wildman–Crippen MR) is 53.5 cm³/mol. The summed E-state index contributed by atoms with van der Waals surface area (Å²) in [6.45, 7) is -0.492. The molecule has 0 aliphatic rings. The van der Waals surface area contributed by atoms with E-state index < -0.39 is 6.61 Å². The van der Waals surface area contributed by atoms with Gasteiger partial charge in [0, 0.05) is 18.8 Å². The molecule has 1 aromatic rings. The van der Waals surface area contributed by atoms with Crippen molar-refractivity contribution in [1.29, 1.82) is 0 Å². The fourth-order valence-corrected chi connectivity index (χ4v) is 1.07. The largest absolute Gasteiger partial charge is 0.497 e. The second-order valence-electron chi connectivity index (χ2n) is 2.81. The van der Waals surface area contributed by atoms with Crippen LogP contribution in [0.15, 0.2) is 24.3 Å². The van der Waals surface area contributed by atoms with Gasteiger partial charge in [-0.05, 0) is 12.1 Å². The molecule has 1 rings (SSSR count). The van der Waals surface area contributed by atoms with Crippen LogP contribution in [0.2, 0.25) is 0 Å². The molecular weight excluding hydrogens is 182 g/mol. The number of benzene rings is 1. The molecule has 0 aliphatic carbocycles.